The number of nitrogens with zero attached hydrogens (tertiary/aromatic N) is 7. The molecule has 0 aliphatic rings. The van der Waals surface area contributed by atoms with E-state index < -0.39 is 14.8 Å². The summed E-state index contributed by atoms with van der Waals surface area (Å²) in [5, 5.41) is 32.9. The molecule has 60 heavy (non-hydrogen) atoms. The van der Waals surface area contributed by atoms with Crippen molar-refractivity contribution in [3.8, 4) is 12.3 Å². The molecule has 2 unspecified atom stereocenters. The third-order valence-electron chi connectivity index (χ3n) is 5.54. The third-order valence-corrected chi connectivity index (χ3v) is 14.8. The van der Waals surface area contributed by atoms with Crippen LogP contribution in [0, 0.1) is 60.4 Å². The molecule has 0 spiro atoms. The Bertz CT molecular complexity index is 1440. The Morgan fingerprint density at radius 3 is 1.20 bits per heavy atom. The molecule has 0 amide bonds. The number of pyridine rings is 1. The van der Waals surface area contributed by atoms with Gasteiger partial charge in [-0.3, -0.25) is 30.3 Å². The maximum Gasteiger partial charge on any atom is 0.194 e. The lowest BCUT2D eigenvalue weighted by atomic mass is 10.2. The number of rotatable bonds is 12. The maximum atomic E-state index is 8.81. The van der Waals surface area contributed by atoms with Gasteiger partial charge in [-0.15, -0.1) is 12.3 Å². The minimum absolute atomic E-state index is 0.106. The van der Waals surface area contributed by atoms with E-state index in [0.717, 1.165) is 38.0 Å². The SMILES string of the molecule is C#CC(C)C.CC(C)C(C)SSc1ccccc1.CC(C)C(C)SSc1ccccn1.CC(C)N=[N+]=[N-].CC(C)SSc1ccccc1.C[N+](=O)[O-].C[N+](=O)[O-].C[N+](=O)[O-]. The van der Waals surface area contributed by atoms with Crippen LogP contribution < -0.4 is 0 Å². The van der Waals surface area contributed by atoms with Crippen molar-refractivity contribution in [3.05, 3.63) is 126 Å². The van der Waals surface area contributed by atoms with Crippen molar-refractivity contribution in [2.45, 2.75) is 120 Å². The van der Waals surface area contributed by atoms with Gasteiger partial charge in [-0.2, -0.15) is 0 Å². The van der Waals surface area contributed by atoms with E-state index in [0.29, 0.717) is 21.7 Å². The third kappa shape index (κ3) is 66.6. The van der Waals surface area contributed by atoms with E-state index in [1.54, 1.807) is 10.8 Å². The van der Waals surface area contributed by atoms with Gasteiger partial charge in [0.25, 0.3) is 0 Å². The lowest BCUT2D eigenvalue weighted by Crippen LogP contribution is -2.03. The zero-order valence-electron chi connectivity index (χ0n) is 37.7. The van der Waals surface area contributed by atoms with Crippen molar-refractivity contribution in [2.75, 3.05) is 21.1 Å². The van der Waals surface area contributed by atoms with Crippen molar-refractivity contribution in [1.29, 1.82) is 0 Å². The van der Waals surface area contributed by atoms with Crippen molar-refractivity contribution < 1.29 is 14.8 Å². The maximum absolute atomic E-state index is 8.81. The van der Waals surface area contributed by atoms with E-state index >= 15 is 0 Å². The molecular weight excluding hydrogens is 879 g/mol. The first-order valence-corrected chi connectivity index (χ1v) is 25.3. The Labute approximate surface area is 384 Å². The normalized spacial score (nSPS) is 10.3. The van der Waals surface area contributed by atoms with E-state index in [4.69, 9.17) is 42.3 Å². The molecule has 3 aromatic rings. The topological polar surface area (TPSA) is 191 Å². The fourth-order valence-corrected chi connectivity index (χ4v) is 8.86. The molecular formula is C41H67N7O6S6. The summed E-state index contributed by atoms with van der Waals surface area (Å²) in [6.07, 6.45) is 6.76. The first-order chi connectivity index (χ1) is 27.9. The summed E-state index contributed by atoms with van der Waals surface area (Å²) in [6, 6.07) is 27.1. The fraction of sp³-hybridized carbons (Fsp3) is 0.537. The van der Waals surface area contributed by atoms with Crippen LogP contribution in [0.5, 0.6) is 0 Å². The average Bonchev–Trinajstić information content (AvgIpc) is 3.16. The van der Waals surface area contributed by atoms with Crippen LogP contribution in [-0.4, -0.2) is 62.7 Å². The standard InChI is InChI=1S/C11H16S2.C10H15NS2.C9H12S2.C5H8.C3H7N3.3CH3NO2/c1-9(2)10(3)12-13-11-7-5-4-6-8-11;1-8(2)9(3)12-13-10-6-4-5-7-11-10;1-8(2)10-11-9-6-4-3-5-7-9;1-4-5(2)3;1-3(2)5-6-4;3*1-2(3)4/h4-10H,1-3H3;4-9H,1-3H3;3-8H,1-2H3;1,5H,2-3H3;3H,1-2H3;3*1H3. The Morgan fingerprint density at radius 2 is 0.950 bits per heavy atom. The van der Waals surface area contributed by atoms with Gasteiger partial charge in [0.15, 0.2) is 21.1 Å². The lowest BCUT2D eigenvalue weighted by molar-refractivity contribution is -0.445. The Morgan fingerprint density at radius 1 is 0.617 bits per heavy atom. The minimum atomic E-state index is -0.500. The van der Waals surface area contributed by atoms with E-state index in [1.165, 1.54) is 9.79 Å². The number of hydrogen-bond donors (Lipinski definition) is 0. The van der Waals surface area contributed by atoms with Gasteiger partial charge in [0, 0.05) is 63.4 Å². The average molecular weight is 946 g/mol. The number of benzene rings is 2. The highest BCUT2D eigenvalue weighted by molar-refractivity contribution is 8.77. The molecule has 0 N–H and O–H groups in total. The van der Waals surface area contributed by atoms with E-state index in [1.807, 2.05) is 112 Å². The molecule has 0 radical (unpaired) electrons. The van der Waals surface area contributed by atoms with Gasteiger partial charge in [0.1, 0.15) is 5.03 Å². The number of nitro groups is 3. The highest BCUT2D eigenvalue weighted by Crippen LogP contribution is 2.37. The van der Waals surface area contributed by atoms with Crippen molar-refractivity contribution >= 4 is 64.8 Å². The zero-order valence-corrected chi connectivity index (χ0v) is 42.6. The summed E-state index contributed by atoms with van der Waals surface area (Å²) in [5.74, 6) is 4.41. The molecule has 13 nitrogen and oxygen atoms in total. The largest absolute Gasteiger partial charge is 0.265 e. The molecule has 338 valence electrons. The number of terminal acetylenes is 1. The van der Waals surface area contributed by atoms with Crippen LogP contribution in [0.2, 0.25) is 0 Å². The summed E-state index contributed by atoms with van der Waals surface area (Å²) < 4.78 is 0. The molecule has 2 aromatic carbocycles. The summed E-state index contributed by atoms with van der Waals surface area (Å²) in [5.41, 5.74) is 7.70. The van der Waals surface area contributed by atoms with Crippen molar-refractivity contribution in [2.24, 2.45) is 22.9 Å². The van der Waals surface area contributed by atoms with Crippen LogP contribution in [-0.2, 0) is 0 Å². The highest BCUT2D eigenvalue weighted by Gasteiger charge is 2.09. The predicted molar refractivity (Wildman–Crippen MR) is 268 cm³/mol. The van der Waals surface area contributed by atoms with Crippen LogP contribution in [0.4, 0.5) is 0 Å². The molecule has 0 saturated heterocycles. The molecule has 0 fully saturated rings. The number of aromatic nitrogens is 1. The van der Waals surface area contributed by atoms with Crippen molar-refractivity contribution in [1.82, 2.24) is 4.98 Å². The summed E-state index contributed by atoms with van der Waals surface area (Å²) in [7, 11) is 13.9. The van der Waals surface area contributed by atoms with Gasteiger partial charge in [0.2, 0.25) is 0 Å². The molecule has 19 heteroatoms. The van der Waals surface area contributed by atoms with E-state index in [2.05, 4.69) is 131 Å². The van der Waals surface area contributed by atoms with Crippen LogP contribution >= 0.6 is 64.8 Å². The Kier molecular flexibility index (Phi) is 51.4. The highest BCUT2D eigenvalue weighted by atomic mass is 33.1. The molecule has 1 aromatic heterocycles. The number of azide groups is 1. The smallest absolute Gasteiger partial charge is 0.194 e. The van der Waals surface area contributed by atoms with Gasteiger partial charge in [-0.25, -0.2) is 4.98 Å². The second-order valence-electron chi connectivity index (χ2n) is 13.2. The van der Waals surface area contributed by atoms with Gasteiger partial charge < -0.3 is 0 Å². The van der Waals surface area contributed by atoms with E-state index in [-0.39, 0.29) is 6.04 Å². The van der Waals surface area contributed by atoms with Crippen LogP contribution in [0.25, 0.3) is 10.4 Å². The van der Waals surface area contributed by atoms with Crippen LogP contribution in [0.3, 0.4) is 0 Å². The molecule has 2 atom stereocenters. The summed E-state index contributed by atoms with van der Waals surface area (Å²) >= 11 is 0. The monoisotopic (exact) mass is 945 g/mol. The Hall–Kier alpha value is -3.24. The second kappa shape index (κ2) is 46.8. The lowest BCUT2D eigenvalue weighted by Gasteiger charge is -2.13. The molecule has 0 bridgehead atoms. The van der Waals surface area contributed by atoms with Gasteiger partial charge in [0.05, 0.1) is 0 Å². The molecule has 0 aliphatic carbocycles. The van der Waals surface area contributed by atoms with Crippen LogP contribution in [0.1, 0.15) is 83.1 Å². The van der Waals surface area contributed by atoms with Crippen molar-refractivity contribution in [3.63, 3.8) is 0 Å². The van der Waals surface area contributed by atoms with Gasteiger partial charge >= 0.3 is 0 Å². The van der Waals surface area contributed by atoms with Gasteiger partial charge in [-0.05, 0) is 64.6 Å². The zero-order chi connectivity index (χ0) is 47.5. The second-order valence-corrected chi connectivity index (χ2v) is 21.3. The minimum Gasteiger partial charge on any atom is -0.265 e. The molecule has 1 heterocycles. The fourth-order valence-electron chi connectivity index (χ4n) is 2.08. The Balaban J connectivity index is -0.000000202. The van der Waals surface area contributed by atoms with Crippen LogP contribution in [0.15, 0.2) is 105 Å². The summed E-state index contributed by atoms with van der Waals surface area (Å²) in [4.78, 5) is 34.4. The first kappa shape index (κ1) is 65.9. The molecule has 3 rings (SSSR count). The molecule has 0 aliphatic heterocycles. The quantitative estimate of drug-likeness (QED) is 0.0317. The first-order valence-electron chi connectivity index (χ1n) is 18.7. The summed E-state index contributed by atoms with van der Waals surface area (Å²) in [6.45, 7) is 25.6. The number of hydrogen-bond acceptors (Lipinski definition) is 14. The predicted octanol–water partition coefficient (Wildman–Crippen LogP) is 14.8. The molecule has 0 saturated carbocycles. The van der Waals surface area contributed by atoms with Gasteiger partial charge in [-0.1, -0.05) is 185 Å². The van der Waals surface area contributed by atoms with E-state index in [9.17, 15) is 0 Å².